The number of ether oxygens (including phenoxy) is 3. The van der Waals surface area contributed by atoms with Crippen LogP contribution in [0.5, 0.6) is 0 Å². The number of hydrogen-bond acceptors (Lipinski definition) is 6. The fourth-order valence-electron chi connectivity index (χ4n) is 6.87. The van der Waals surface area contributed by atoms with Crippen molar-refractivity contribution in [3.05, 3.63) is 60.7 Å². The SMILES string of the molecule is CC(C)(C)[Si](O[C@@H]1CCC[C@]2(C1)OOC1(CCC3(CC1)OCCO3)O2)(c1ccccc1)c1ccccc1. The molecule has 2 saturated carbocycles. The lowest BCUT2D eigenvalue weighted by Gasteiger charge is -2.47. The van der Waals surface area contributed by atoms with Gasteiger partial charge in [0.05, 0.1) is 19.3 Å². The first kappa shape index (κ1) is 25.7. The lowest BCUT2D eigenvalue weighted by Crippen LogP contribution is -2.68. The van der Waals surface area contributed by atoms with Crippen molar-refractivity contribution in [1.82, 2.24) is 0 Å². The van der Waals surface area contributed by atoms with Gasteiger partial charge in [-0.2, -0.15) is 9.78 Å². The van der Waals surface area contributed by atoms with E-state index in [1.807, 2.05) is 0 Å². The van der Waals surface area contributed by atoms with Crippen LogP contribution in [0.1, 0.15) is 72.1 Å². The zero-order chi connectivity index (χ0) is 25.6. The van der Waals surface area contributed by atoms with Crippen molar-refractivity contribution >= 4 is 18.7 Å². The van der Waals surface area contributed by atoms with Gasteiger partial charge in [0.15, 0.2) is 5.79 Å². The molecule has 0 radical (unpaired) electrons. The molecular weight excluding hydrogens is 484 g/mol. The molecule has 2 aromatic carbocycles. The molecule has 200 valence electrons. The zero-order valence-corrected chi connectivity index (χ0v) is 23.4. The van der Waals surface area contributed by atoms with Gasteiger partial charge in [-0.1, -0.05) is 81.4 Å². The maximum absolute atomic E-state index is 7.44. The lowest BCUT2D eigenvalue weighted by molar-refractivity contribution is -0.366. The summed E-state index contributed by atoms with van der Waals surface area (Å²) in [5.41, 5.74) is 0. The van der Waals surface area contributed by atoms with E-state index in [2.05, 4.69) is 81.4 Å². The standard InChI is InChI=1S/C30H40O6Si/c1-27(2,3)37(25-12-6-4-7-13-25,26-14-8-5-9-15-26)33-24-11-10-16-30(23-24)34-29(35-36-30)19-17-28(18-20-29)31-21-22-32-28/h4-9,12-15,24H,10-11,16-23H2,1-3H3/t24-,30-/m1/s1. The maximum Gasteiger partial charge on any atom is 0.261 e. The van der Waals surface area contributed by atoms with Crippen LogP contribution in [0.3, 0.4) is 0 Å². The second kappa shape index (κ2) is 9.56. The van der Waals surface area contributed by atoms with Gasteiger partial charge in [-0.15, -0.1) is 0 Å². The first-order chi connectivity index (χ1) is 17.8. The van der Waals surface area contributed by atoms with E-state index < -0.39 is 25.7 Å². The molecule has 6 nitrogen and oxygen atoms in total. The Hall–Kier alpha value is -1.58. The fraction of sp³-hybridized carbons (Fsp3) is 0.600. The van der Waals surface area contributed by atoms with Gasteiger partial charge in [-0.3, -0.25) is 0 Å². The zero-order valence-electron chi connectivity index (χ0n) is 22.4. The van der Waals surface area contributed by atoms with Gasteiger partial charge in [-0.25, -0.2) is 0 Å². The molecule has 2 aliphatic heterocycles. The van der Waals surface area contributed by atoms with Gasteiger partial charge < -0.3 is 18.6 Å². The first-order valence-corrected chi connectivity index (χ1v) is 15.8. The van der Waals surface area contributed by atoms with Gasteiger partial charge in [-0.05, 0) is 28.3 Å². The lowest BCUT2D eigenvalue weighted by atomic mass is 9.87. The van der Waals surface area contributed by atoms with E-state index >= 15 is 0 Å². The van der Waals surface area contributed by atoms with Crippen LogP contribution >= 0.6 is 0 Å². The van der Waals surface area contributed by atoms with Crippen LogP contribution in [0.2, 0.25) is 5.04 Å². The predicted molar refractivity (Wildman–Crippen MR) is 143 cm³/mol. The van der Waals surface area contributed by atoms with E-state index in [9.17, 15) is 0 Å². The topological polar surface area (TPSA) is 55.4 Å². The van der Waals surface area contributed by atoms with Crippen molar-refractivity contribution in [1.29, 1.82) is 0 Å². The molecule has 2 heterocycles. The summed E-state index contributed by atoms with van der Waals surface area (Å²) in [7, 11) is -2.66. The minimum absolute atomic E-state index is 0.00948. The minimum atomic E-state index is -2.66. The van der Waals surface area contributed by atoms with Gasteiger partial charge in [0.2, 0.25) is 11.6 Å². The van der Waals surface area contributed by atoms with Crippen molar-refractivity contribution < 1.29 is 28.4 Å². The largest absolute Gasteiger partial charge is 0.404 e. The molecular formula is C30H40O6Si. The van der Waals surface area contributed by atoms with Crippen molar-refractivity contribution in [3.63, 3.8) is 0 Å². The summed E-state index contributed by atoms with van der Waals surface area (Å²) in [6.07, 6.45) is 6.36. The molecule has 0 unspecified atom stereocenters. The van der Waals surface area contributed by atoms with Crippen molar-refractivity contribution in [2.75, 3.05) is 13.2 Å². The summed E-state index contributed by atoms with van der Waals surface area (Å²) in [6.45, 7) is 8.30. The molecule has 4 aliphatic rings. The minimum Gasteiger partial charge on any atom is -0.404 e. The molecule has 0 aromatic heterocycles. The molecule has 3 spiro atoms. The molecule has 7 heteroatoms. The van der Waals surface area contributed by atoms with Crippen LogP contribution in [-0.2, 0) is 28.4 Å². The van der Waals surface area contributed by atoms with Crippen LogP contribution in [0.4, 0.5) is 0 Å². The molecule has 2 saturated heterocycles. The third-order valence-corrected chi connectivity index (χ3v) is 13.8. The molecule has 4 fully saturated rings. The predicted octanol–water partition coefficient (Wildman–Crippen LogP) is 5.19. The quantitative estimate of drug-likeness (QED) is 0.405. The number of benzene rings is 2. The monoisotopic (exact) mass is 524 g/mol. The summed E-state index contributed by atoms with van der Waals surface area (Å²) >= 11 is 0. The van der Waals surface area contributed by atoms with Gasteiger partial charge in [0.25, 0.3) is 8.32 Å². The third-order valence-electron chi connectivity index (χ3n) is 8.69. The first-order valence-electron chi connectivity index (χ1n) is 13.9. The van der Waals surface area contributed by atoms with Crippen LogP contribution in [-0.4, -0.2) is 45.0 Å². The normalized spacial score (nSPS) is 29.3. The Balaban J connectivity index is 1.25. The average molecular weight is 525 g/mol. The summed E-state index contributed by atoms with van der Waals surface area (Å²) in [4.78, 5) is 12.1. The fourth-order valence-corrected chi connectivity index (χ4v) is 11.6. The van der Waals surface area contributed by atoms with E-state index in [-0.39, 0.29) is 11.1 Å². The van der Waals surface area contributed by atoms with E-state index in [0.29, 0.717) is 32.5 Å². The summed E-state index contributed by atoms with van der Waals surface area (Å²) in [6, 6.07) is 21.7. The average Bonchev–Trinajstić information content (AvgIpc) is 3.50. The third kappa shape index (κ3) is 4.63. The van der Waals surface area contributed by atoms with Crippen LogP contribution in [0, 0.1) is 0 Å². The highest BCUT2D eigenvalue weighted by molar-refractivity contribution is 6.99. The maximum atomic E-state index is 7.44. The molecule has 0 bridgehead atoms. The Bertz CT molecular complexity index is 1010. The molecule has 2 atom stereocenters. The van der Waals surface area contributed by atoms with Gasteiger partial charge in [0.1, 0.15) is 0 Å². The smallest absolute Gasteiger partial charge is 0.261 e. The Morgan fingerprint density at radius 2 is 1.27 bits per heavy atom. The second-order valence-corrected chi connectivity index (χ2v) is 16.4. The van der Waals surface area contributed by atoms with Crippen LogP contribution in [0.15, 0.2) is 60.7 Å². The van der Waals surface area contributed by atoms with E-state index in [0.717, 1.165) is 32.1 Å². The molecule has 37 heavy (non-hydrogen) atoms. The Morgan fingerprint density at radius 1 is 0.730 bits per heavy atom. The Kier molecular flexibility index (Phi) is 6.63. The number of hydrogen-bond donors (Lipinski definition) is 0. The van der Waals surface area contributed by atoms with Crippen molar-refractivity contribution in [2.24, 2.45) is 0 Å². The second-order valence-electron chi connectivity index (χ2n) is 12.2. The van der Waals surface area contributed by atoms with Crippen LogP contribution in [0.25, 0.3) is 0 Å². The number of rotatable bonds is 4. The summed E-state index contributed by atoms with van der Waals surface area (Å²) < 4.78 is 26.0. The molecule has 0 amide bonds. The molecule has 2 aliphatic carbocycles. The highest BCUT2D eigenvalue weighted by atomic mass is 28.4. The van der Waals surface area contributed by atoms with E-state index in [1.165, 1.54) is 10.4 Å². The highest BCUT2D eigenvalue weighted by Gasteiger charge is 2.60. The molecule has 2 aromatic rings. The van der Waals surface area contributed by atoms with E-state index in [4.69, 9.17) is 28.4 Å². The van der Waals surface area contributed by atoms with Crippen LogP contribution < -0.4 is 10.4 Å². The van der Waals surface area contributed by atoms with Crippen molar-refractivity contribution in [3.8, 4) is 0 Å². The van der Waals surface area contributed by atoms with Crippen molar-refractivity contribution in [2.45, 2.75) is 101 Å². The summed E-state index contributed by atoms with van der Waals surface area (Å²) in [5.74, 6) is -1.95. The van der Waals surface area contributed by atoms with E-state index in [1.54, 1.807) is 0 Å². The van der Waals surface area contributed by atoms with Gasteiger partial charge in [0, 0.05) is 38.5 Å². The molecule has 0 N–H and O–H groups in total. The Morgan fingerprint density at radius 3 is 1.84 bits per heavy atom. The Labute approximate surface area is 221 Å². The molecule has 6 rings (SSSR count). The summed E-state index contributed by atoms with van der Waals surface area (Å²) in [5, 5.41) is 2.51. The highest BCUT2D eigenvalue weighted by Crippen LogP contribution is 2.52. The van der Waals surface area contributed by atoms with Gasteiger partial charge >= 0.3 is 0 Å².